The van der Waals surface area contributed by atoms with E-state index in [-0.39, 0.29) is 5.54 Å². The summed E-state index contributed by atoms with van der Waals surface area (Å²) in [5.41, 5.74) is 1.10. The third kappa shape index (κ3) is 3.37. The largest absolute Gasteiger partial charge is 0.309 e. The van der Waals surface area contributed by atoms with Gasteiger partial charge in [0, 0.05) is 17.0 Å². The lowest BCUT2D eigenvalue weighted by Gasteiger charge is -2.24. The quantitative estimate of drug-likeness (QED) is 0.784. The number of aromatic nitrogens is 3. The van der Waals surface area contributed by atoms with Crippen LogP contribution in [0.3, 0.4) is 0 Å². The van der Waals surface area contributed by atoms with Crippen molar-refractivity contribution in [2.75, 3.05) is 0 Å². The van der Waals surface area contributed by atoms with Crippen LogP contribution in [0.15, 0.2) is 24.3 Å². The standard InChI is InChI=1S/C14H17BrClN3/c1-14(2,3)19-12(17-18-13(19)9-15)8-10-5-4-6-11(16)7-10/h4-7H,8-9H2,1-3H3. The van der Waals surface area contributed by atoms with Gasteiger partial charge in [0.1, 0.15) is 11.6 Å². The van der Waals surface area contributed by atoms with Gasteiger partial charge in [-0.2, -0.15) is 0 Å². The SMILES string of the molecule is CC(C)(C)n1c(CBr)nnc1Cc1cccc(Cl)c1. The van der Waals surface area contributed by atoms with Crippen molar-refractivity contribution in [3.8, 4) is 0 Å². The molecule has 0 spiro atoms. The summed E-state index contributed by atoms with van der Waals surface area (Å²) >= 11 is 9.49. The molecule has 1 aromatic carbocycles. The average molecular weight is 343 g/mol. The topological polar surface area (TPSA) is 30.7 Å². The molecule has 2 rings (SSSR count). The second kappa shape index (κ2) is 5.63. The Bertz CT molecular complexity index is 572. The van der Waals surface area contributed by atoms with Crippen LogP contribution in [0.2, 0.25) is 5.02 Å². The maximum Gasteiger partial charge on any atom is 0.144 e. The molecule has 0 bridgehead atoms. The van der Waals surface area contributed by atoms with E-state index in [2.05, 4.69) is 57.5 Å². The minimum absolute atomic E-state index is 0.0412. The van der Waals surface area contributed by atoms with E-state index in [0.717, 1.165) is 28.7 Å². The van der Waals surface area contributed by atoms with Crippen LogP contribution in [-0.4, -0.2) is 14.8 Å². The molecule has 19 heavy (non-hydrogen) atoms. The molecule has 102 valence electrons. The highest BCUT2D eigenvalue weighted by Crippen LogP contribution is 2.22. The monoisotopic (exact) mass is 341 g/mol. The lowest BCUT2D eigenvalue weighted by atomic mass is 10.1. The summed E-state index contributed by atoms with van der Waals surface area (Å²) in [4.78, 5) is 0. The summed E-state index contributed by atoms with van der Waals surface area (Å²) in [6.07, 6.45) is 0.734. The van der Waals surface area contributed by atoms with Crippen molar-refractivity contribution in [1.29, 1.82) is 0 Å². The van der Waals surface area contributed by atoms with Crippen LogP contribution in [0, 0.1) is 0 Å². The van der Waals surface area contributed by atoms with Crippen LogP contribution in [0.4, 0.5) is 0 Å². The van der Waals surface area contributed by atoms with E-state index in [1.54, 1.807) is 0 Å². The average Bonchev–Trinajstić information content (AvgIpc) is 2.71. The van der Waals surface area contributed by atoms with Crippen molar-refractivity contribution in [2.24, 2.45) is 0 Å². The third-order valence-electron chi connectivity index (χ3n) is 2.84. The maximum atomic E-state index is 6.02. The van der Waals surface area contributed by atoms with E-state index in [0.29, 0.717) is 5.33 Å². The number of benzene rings is 1. The zero-order valence-electron chi connectivity index (χ0n) is 11.3. The molecule has 0 atom stereocenters. The summed E-state index contributed by atoms with van der Waals surface area (Å²) in [5.74, 6) is 1.91. The molecule has 0 aliphatic carbocycles. The van der Waals surface area contributed by atoms with E-state index < -0.39 is 0 Å². The zero-order chi connectivity index (χ0) is 14.0. The van der Waals surface area contributed by atoms with Gasteiger partial charge in [-0.25, -0.2) is 0 Å². The summed E-state index contributed by atoms with van der Waals surface area (Å²) in [7, 11) is 0. The minimum Gasteiger partial charge on any atom is -0.309 e. The molecule has 0 aliphatic heterocycles. The molecule has 5 heteroatoms. The number of alkyl halides is 1. The number of hydrogen-bond acceptors (Lipinski definition) is 2. The Labute approximate surface area is 127 Å². The van der Waals surface area contributed by atoms with Crippen LogP contribution < -0.4 is 0 Å². The van der Waals surface area contributed by atoms with Gasteiger partial charge in [0.25, 0.3) is 0 Å². The zero-order valence-corrected chi connectivity index (χ0v) is 13.7. The highest BCUT2D eigenvalue weighted by Gasteiger charge is 2.22. The highest BCUT2D eigenvalue weighted by molar-refractivity contribution is 9.08. The summed E-state index contributed by atoms with van der Waals surface area (Å²) in [5, 5.41) is 10.0. The van der Waals surface area contributed by atoms with Gasteiger partial charge >= 0.3 is 0 Å². The first-order chi connectivity index (χ1) is 8.91. The number of hydrogen-bond donors (Lipinski definition) is 0. The Morgan fingerprint density at radius 2 is 1.89 bits per heavy atom. The molecule has 1 heterocycles. The fourth-order valence-corrected chi connectivity index (χ4v) is 2.73. The second-order valence-electron chi connectivity index (χ2n) is 5.48. The van der Waals surface area contributed by atoms with Gasteiger partial charge in [-0.05, 0) is 38.5 Å². The summed E-state index contributed by atoms with van der Waals surface area (Å²) in [6, 6.07) is 7.86. The third-order valence-corrected chi connectivity index (χ3v) is 3.58. The molecular weight excluding hydrogens is 326 g/mol. The lowest BCUT2D eigenvalue weighted by molar-refractivity contribution is 0.375. The molecule has 0 unspecified atom stereocenters. The van der Waals surface area contributed by atoms with Gasteiger partial charge in [-0.3, -0.25) is 0 Å². The van der Waals surface area contributed by atoms with Gasteiger partial charge in [0.15, 0.2) is 0 Å². The minimum atomic E-state index is -0.0412. The van der Waals surface area contributed by atoms with Gasteiger partial charge in [-0.15, -0.1) is 10.2 Å². The first kappa shape index (κ1) is 14.5. The Morgan fingerprint density at radius 3 is 2.47 bits per heavy atom. The van der Waals surface area contributed by atoms with E-state index in [9.17, 15) is 0 Å². The Kier molecular flexibility index (Phi) is 4.31. The van der Waals surface area contributed by atoms with Crippen LogP contribution in [-0.2, 0) is 17.3 Å². The molecule has 0 saturated carbocycles. The van der Waals surface area contributed by atoms with Crippen molar-refractivity contribution >= 4 is 27.5 Å². The second-order valence-corrected chi connectivity index (χ2v) is 6.48. The van der Waals surface area contributed by atoms with Crippen molar-refractivity contribution in [3.63, 3.8) is 0 Å². The van der Waals surface area contributed by atoms with E-state index >= 15 is 0 Å². The highest BCUT2D eigenvalue weighted by atomic mass is 79.9. The molecule has 2 aromatic rings. The van der Waals surface area contributed by atoms with Gasteiger partial charge in [0.05, 0.1) is 5.33 Å². The molecule has 0 N–H and O–H groups in total. The van der Waals surface area contributed by atoms with Crippen LogP contribution in [0.25, 0.3) is 0 Å². The van der Waals surface area contributed by atoms with E-state index in [1.807, 2.05) is 18.2 Å². The molecule has 0 saturated heterocycles. The number of halogens is 2. The van der Waals surface area contributed by atoms with Crippen molar-refractivity contribution in [3.05, 3.63) is 46.5 Å². The first-order valence-electron chi connectivity index (χ1n) is 6.16. The van der Waals surface area contributed by atoms with E-state index in [1.165, 1.54) is 0 Å². The van der Waals surface area contributed by atoms with Gasteiger partial charge in [-0.1, -0.05) is 39.7 Å². The summed E-state index contributed by atoms with van der Waals surface area (Å²) in [6.45, 7) is 6.47. The predicted octanol–water partition coefficient (Wildman–Crippen LogP) is 4.17. The molecule has 0 aliphatic rings. The molecular formula is C14H17BrClN3. The van der Waals surface area contributed by atoms with E-state index in [4.69, 9.17) is 11.6 Å². The fourth-order valence-electron chi connectivity index (χ4n) is 2.16. The molecule has 0 fully saturated rings. The molecule has 0 amide bonds. The normalized spacial score (nSPS) is 11.8. The van der Waals surface area contributed by atoms with Gasteiger partial charge < -0.3 is 4.57 Å². The predicted molar refractivity (Wildman–Crippen MR) is 81.9 cm³/mol. The van der Waals surface area contributed by atoms with Crippen LogP contribution >= 0.6 is 27.5 Å². The lowest BCUT2D eigenvalue weighted by Crippen LogP contribution is -2.26. The Hall–Kier alpha value is -0.870. The van der Waals surface area contributed by atoms with Crippen molar-refractivity contribution in [1.82, 2.24) is 14.8 Å². The Balaban J connectivity index is 2.38. The number of rotatable bonds is 3. The first-order valence-corrected chi connectivity index (χ1v) is 7.66. The van der Waals surface area contributed by atoms with Crippen LogP contribution in [0.1, 0.15) is 38.0 Å². The van der Waals surface area contributed by atoms with Crippen molar-refractivity contribution < 1.29 is 0 Å². The van der Waals surface area contributed by atoms with Crippen LogP contribution in [0.5, 0.6) is 0 Å². The fraction of sp³-hybridized carbons (Fsp3) is 0.429. The van der Waals surface area contributed by atoms with Gasteiger partial charge in [0.2, 0.25) is 0 Å². The summed E-state index contributed by atoms with van der Waals surface area (Å²) < 4.78 is 2.18. The molecule has 3 nitrogen and oxygen atoms in total. The smallest absolute Gasteiger partial charge is 0.144 e. The Morgan fingerprint density at radius 1 is 1.21 bits per heavy atom. The molecule has 0 radical (unpaired) electrons. The van der Waals surface area contributed by atoms with Crippen molar-refractivity contribution in [2.45, 2.75) is 38.1 Å². The maximum absolute atomic E-state index is 6.02. The number of nitrogens with zero attached hydrogens (tertiary/aromatic N) is 3. The molecule has 1 aromatic heterocycles.